The van der Waals surface area contributed by atoms with E-state index >= 15 is 0 Å². The van der Waals surface area contributed by atoms with Gasteiger partial charge in [0.25, 0.3) is 0 Å². The zero-order chi connectivity index (χ0) is 20.4. The summed E-state index contributed by atoms with van der Waals surface area (Å²) in [4.78, 5) is 17.7. The molecule has 2 aromatic carbocycles. The van der Waals surface area contributed by atoms with Gasteiger partial charge in [-0.15, -0.1) is 0 Å². The summed E-state index contributed by atoms with van der Waals surface area (Å²) in [5.74, 6) is 2.45. The standard InChI is InChI=1S/C23H28N2O4/c1-27-19-7-5-18(6-8-19)24-12-14-25(15-13-24)22(26)23(10-11-23)17-4-9-20(28-2)21(16-17)29-3/h4-9,16H,10-15H2,1-3H3. The molecule has 0 N–H and O–H groups in total. The Hall–Kier alpha value is -2.89. The van der Waals surface area contributed by atoms with Gasteiger partial charge in [0.1, 0.15) is 5.75 Å². The van der Waals surface area contributed by atoms with Crippen molar-refractivity contribution in [3.8, 4) is 17.2 Å². The Labute approximate surface area is 172 Å². The zero-order valence-electron chi connectivity index (χ0n) is 17.3. The fourth-order valence-corrected chi connectivity index (χ4v) is 4.15. The van der Waals surface area contributed by atoms with Crippen molar-refractivity contribution in [2.24, 2.45) is 0 Å². The first-order valence-electron chi connectivity index (χ1n) is 10.0. The third-order valence-corrected chi connectivity index (χ3v) is 6.10. The summed E-state index contributed by atoms with van der Waals surface area (Å²) >= 11 is 0. The van der Waals surface area contributed by atoms with E-state index in [1.54, 1.807) is 21.3 Å². The molecule has 0 spiro atoms. The summed E-state index contributed by atoms with van der Waals surface area (Å²) in [6.07, 6.45) is 1.78. The number of nitrogens with zero attached hydrogens (tertiary/aromatic N) is 2. The van der Waals surface area contributed by atoms with Crippen LogP contribution in [0.3, 0.4) is 0 Å². The number of hydrogen-bond donors (Lipinski definition) is 0. The second-order valence-electron chi connectivity index (χ2n) is 7.63. The highest BCUT2D eigenvalue weighted by Gasteiger charge is 2.53. The molecule has 6 nitrogen and oxygen atoms in total. The molecule has 2 aliphatic rings. The van der Waals surface area contributed by atoms with E-state index in [1.165, 1.54) is 5.69 Å². The Kier molecular flexibility index (Phi) is 5.26. The van der Waals surface area contributed by atoms with Gasteiger partial charge in [-0.2, -0.15) is 0 Å². The van der Waals surface area contributed by atoms with Gasteiger partial charge in [-0.1, -0.05) is 6.07 Å². The predicted molar refractivity (Wildman–Crippen MR) is 112 cm³/mol. The van der Waals surface area contributed by atoms with Crippen molar-refractivity contribution in [3.63, 3.8) is 0 Å². The second kappa shape index (κ2) is 7.85. The Balaban J connectivity index is 1.44. The molecule has 0 atom stereocenters. The molecule has 1 aliphatic carbocycles. The minimum absolute atomic E-state index is 0.235. The van der Waals surface area contributed by atoms with Crippen molar-refractivity contribution < 1.29 is 19.0 Å². The van der Waals surface area contributed by atoms with Crippen molar-refractivity contribution in [1.82, 2.24) is 4.90 Å². The summed E-state index contributed by atoms with van der Waals surface area (Å²) in [5, 5.41) is 0. The normalized spacial score (nSPS) is 17.6. The maximum atomic E-state index is 13.4. The molecule has 2 aromatic rings. The smallest absolute Gasteiger partial charge is 0.233 e. The second-order valence-corrected chi connectivity index (χ2v) is 7.63. The molecule has 4 rings (SSSR count). The van der Waals surface area contributed by atoms with Crippen molar-refractivity contribution in [2.45, 2.75) is 18.3 Å². The van der Waals surface area contributed by atoms with E-state index in [4.69, 9.17) is 14.2 Å². The first kappa shape index (κ1) is 19.4. The van der Waals surface area contributed by atoms with Crippen molar-refractivity contribution in [1.29, 1.82) is 0 Å². The molecule has 1 saturated carbocycles. The van der Waals surface area contributed by atoms with E-state index in [-0.39, 0.29) is 5.91 Å². The number of benzene rings is 2. The zero-order valence-corrected chi connectivity index (χ0v) is 17.3. The van der Waals surface area contributed by atoms with Gasteiger partial charge in [-0.25, -0.2) is 0 Å². The molecule has 0 aromatic heterocycles. The number of ether oxygens (including phenoxy) is 3. The molecule has 0 bridgehead atoms. The highest BCUT2D eigenvalue weighted by molar-refractivity contribution is 5.91. The van der Waals surface area contributed by atoms with Gasteiger partial charge in [0.15, 0.2) is 11.5 Å². The molecule has 29 heavy (non-hydrogen) atoms. The number of carbonyl (C=O) groups excluding carboxylic acids is 1. The van der Waals surface area contributed by atoms with Gasteiger partial charge in [0, 0.05) is 31.9 Å². The van der Waals surface area contributed by atoms with E-state index in [2.05, 4.69) is 17.0 Å². The van der Waals surface area contributed by atoms with E-state index in [0.29, 0.717) is 11.5 Å². The van der Waals surface area contributed by atoms with Gasteiger partial charge in [-0.05, 0) is 54.8 Å². The lowest BCUT2D eigenvalue weighted by Crippen LogP contribution is -2.51. The lowest BCUT2D eigenvalue weighted by molar-refractivity contribution is -0.134. The fraction of sp³-hybridized carbons (Fsp3) is 0.435. The summed E-state index contributed by atoms with van der Waals surface area (Å²) in [5.41, 5.74) is 1.79. The summed E-state index contributed by atoms with van der Waals surface area (Å²) in [7, 11) is 4.92. The highest BCUT2D eigenvalue weighted by Crippen LogP contribution is 2.51. The minimum Gasteiger partial charge on any atom is -0.497 e. The van der Waals surface area contributed by atoms with Crippen molar-refractivity contribution in [3.05, 3.63) is 48.0 Å². The Morgan fingerprint density at radius 2 is 1.48 bits per heavy atom. The molecule has 1 aliphatic heterocycles. The van der Waals surface area contributed by atoms with Crippen LogP contribution in [0.15, 0.2) is 42.5 Å². The maximum Gasteiger partial charge on any atom is 0.233 e. The van der Waals surface area contributed by atoms with Gasteiger partial charge in [-0.3, -0.25) is 4.79 Å². The lowest BCUT2D eigenvalue weighted by Gasteiger charge is -2.38. The highest BCUT2D eigenvalue weighted by atomic mass is 16.5. The third kappa shape index (κ3) is 3.59. The van der Waals surface area contributed by atoms with E-state index in [0.717, 1.165) is 50.3 Å². The van der Waals surface area contributed by atoms with Crippen LogP contribution in [0.1, 0.15) is 18.4 Å². The number of anilines is 1. The van der Waals surface area contributed by atoms with E-state index < -0.39 is 5.41 Å². The number of piperazine rings is 1. The van der Waals surface area contributed by atoms with Crippen molar-refractivity contribution in [2.75, 3.05) is 52.4 Å². The molecule has 1 heterocycles. The fourth-order valence-electron chi connectivity index (χ4n) is 4.15. The molecular weight excluding hydrogens is 368 g/mol. The predicted octanol–water partition coefficient (Wildman–Crippen LogP) is 3.09. The van der Waals surface area contributed by atoms with Gasteiger partial charge in [0.2, 0.25) is 5.91 Å². The number of hydrogen-bond acceptors (Lipinski definition) is 5. The topological polar surface area (TPSA) is 51.2 Å². The average Bonchev–Trinajstić information content (AvgIpc) is 3.60. The van der Waals surface area contributed by atoms with Crippen LogP contribution in [-0.4, -0.2) is 58.3 Å². The van der Waals surface area contributed by atoms with Crippen LogP contribution in [0.2, 0.25) is 0 Å². The van der Waals surface area contributed by atoms with Crippen LogP contribution in [0.4, 0.5) is 5.69 Å². The number of rotatable bonds is 6. The summed E-state index contributed by atoms with van der Waals surface area (Å²) < 4.78 is 16.0. The maximum absolute atomic E-state index is 13.4. The number of amides is 1. The Morgan fingerprint density at radius 1 is 0.828 bits per heavy atom. The molecule has 0 unspecified atom stereocenters. The van der Waals surface area contributed by atoms with E-state index in [9.17, 15) is 4.79 Å². The largest absolute Gasteiger partial charge is 0.497 e. The molecule has 154 valence electrons. The quantitative estimate of drug-likeness (QED) is 0.751. The molecular formula is C23H28N2O4. The van der Waals surface area contributed by atoms with Crippen LogP contribution in [-0.2, 0) is 10.2 Å². The first-order valence-corrected chi connectivity index (χ1v) is 10.0. The van der Waals surface area contributed by atoms with Crippen LogP contribution in [0, 0.1) is 0 Å². The van der Waals surface area contributed by atoms with Crippen LogP contribution in [0.5, 0.6) is 17.2 Å². The monoisotopic (exact) mass is 396 g/mol. The lowest BCUT2D eigenvalue weighted by atomic mass is 9.93. The molecule has 2 fully saturated rings. The Bertz CT molecular complexity index is 869. The molecule has 0 radical (unpaired) electrons. The molecule has 1 amide bonds. The molecule has 6 heteroatoms. The van der Waals surface area contributed by atoms with Gasteiger partial charge in [0.05, 0.1) is 26.7 Å². The summed E-state index contributed by atoms with van der Waals surface area (Å²) in [6, 6.07) is 13.9. The number of methoxy groups -OCH3 is 3. The van der Waals surface area contributed by atoms with Crippen LogP contribution < -0.4 is 19.1 Å². The Morgan fingerprint density at radius 3 is 2.03 bits per heavy atom. The van der Waals surface area contributed by atoms with Crippen LogP contribution in [0.25, 0.3) is 0 Å². The molecule has 1 saturated heterocycles. The van der Waals surface area contributed by atoms with Gasteiger partial charge >= 0.3 is 0 Å². The van der Waals surface area contributed by atoms with Crippen molar-refractivity contribution >= 4 is 11.6 Å². The number of carbonyl (C=O) groups is 1. The van der Waals surface area contributed by atoms with Crippen LogP contribution >= 0.6 is 0 Å². The third-order valence-electron chi connectivity index (χ3n) is 6.10. The SMILES string of the molecule is COc1ccc(N2CCN(C(=O)C3(c4ccc(OC)c(OC)c4)CC3)CC2)cc1. The minimum atomic E-state index is -0.401. The van der Waals surface area contributed by atoms with E-state index in [1.807, 2.05) is 35.2 Å². The average molecular weight is 396 g/mol. The van der Waals surface area contributed by atoms with Gasteiger partial charge < -0.3 is 24.0 Å². The first-order chi connectivity index (χ1) is 14.1. The summed E-state index contributed by atoms with van der Waals surface area (Å²) in [6.45, 7) is 3.14.